The minimum Gasteiger partial charge on any atom is -0.462 e. The summed E-state index contributed by atoms with van der Waals surface area (Å²) in [4.78, 5) is 15.2. The number of aromatic amines is 1. The zero-order valence-corrected chi connectivity index (χ0v) is 11.0. The number of benzene rings is 1. The van der Waals surface area contributed by atoms with E-state index in [1.165, 1.54) is 5.56 Å². The first-order valence-electron chi connectivity index (χ1n) is 6.54. The topological polar surface area (TPSA) is 42.1 Å². The second kappa shape index (κ2) is 5.71. The summed E-state index contributed by atoms with van der Waals surface area (Å²) in [6.45, 7) is 4.40. The van der Waals surface area contributed by atoms with Gasteiger partial charge in [-0.05, 0) is 37.5 Å². The number of aryl methyl sites for hydroxylation is 1. The van der Waals surface area contributed by atoms with E-state index in [-0.39, 0.29) is 5.97 Å². The second-order valence-corrected chi connectivity index (χ2v) is 4.37. The standard InChI is InChI=1S/C15H19NO2/c1-3-5-7-11-10-16-13-9-6-8-12(14(11)13)15(17)18-4-2/h6,8-10,16H,3-5,7H2,1-2H3. The first-order chi connectivity index (χ1) is 8.77. The van der Waals surface area contributed by atoms with E-state index in [1.54, 1.807) is 0 Å². The van der Waals surface area contributed by atoms with E-state index in [1.807, 2.05) is 31.3 Å². The van der Waals surface area contributed by atoms with Crippen LogP contribution in [0.25, 0.3) is 10.9 Å². The van der Waals surface area contributed by atoms with E-state index in [9.17, 15) is 4.79 Å². The molecule has 1 aromatic carbocycles. The van der Waals surface area contributed by atoms with Crippen LogP contribution in [0.2, 0.25) is 0 Å². The fraction of sp³-hybridized carbons (Fsp3) is 0.400. The number of rotatable bonds is 5. The molecule has 2 aromatic rings. The average molecular weight is 245 g/mol. The molecule has 0 bridgehead atoms. The highest BCUT2D eigenvalue weighted by atomic mass is 16.5. The molecule has 0 saturated heterocycles. The van der Waals surface area contributed by atoms with Crippen LogP contribution in [0.15, 0.2) is 24.4 Å². The van der Waals surface area contributed by atoms with Crippen molar-refractivity contribution in [1.29, 1.82) is 0 Å². The smallest absolute Gasteiger partial charge is 0.338 e. The Bertz CT molecular complexity index is 542. The third kappa shape index (κ3) is 2.40. The first kappa shape index (κ1) is 12.7. The normalized spacial score (nSPS) is 10.8. The minimum atomic E-state index is -0.236. The van der Waals surface area contributed by atoms with Crippen molar-refractivity contribution in [3.63, 3.8) is 0 Å². The van der Waals surface area contributed by atoms with Crippen molar-refractivity contribution in [3.8, 4) is 0 Å². The lowest BCUT2D eigenvalue weighted by Crippen LogP contribution is -2.05. The van der Waals surface area contributed by atoms with Crippen molar-refractivity contribution in [3.05, 3.63) is 35.5 Å². The lowest BCUT2D eigenvalue weighted by Gasteiger charge is -2.05. The van der Waals surface area contributed by atoms with Crippen LogP contribution in [-0.2, 0) is 11.2 Å². The largest absolute Gasteiger partial charge is 0.462 e. The Kier molecular flexibility index (Phi) is 4.03. The Morgan fingerprint density at radius 2 is 2.17 bits per heavy atom. The molecule has 0 spiro atoms. The van der Waals surface area contributed by atoms with E-state index in [4.69, 9.17) is 4.74 Å². The molecule has 3 nitrogen and oxygen atoms in total. The van der Waals surface area contributed by atoms with Gasteiger partial charge >= 0.3 is 5.97 Å². The van der Waals surface area contributed by atoms with Gasteiger partial charge in [0.05, 0.1) is 12.2 Å². The van der Waals surface area contributed by atoms with Gasteiger partial charge in [0.1, 0.15) is 0 Å². The number of fused-ring (bicyclic) bond motifs is 1. The maximum atomic E-state index is 11.9. The molecule has 2 rings (SSSR count). The fourth-order valence-corrected chi connectivity index (χ4v) is 2.20. The van der Waals surface area contributed by atoms with Crippen LogP contribution in [0.5, 0.6) is 0 Å². The van der Waals surface area contributed by atoms with E-state index >= 15 is 0 Å². The van der Waals surface area contributed by atoms with E-state index in [0.717, 1.165) is 30.2 Å². The third-order valence-electron chi connectivity index (χ3n) is 3.08. The van der Waals surface area contributed by atoms with Gasteiger partial charge in [-0.3, -0.25) is 0 Å². The summed E-state index contributed by atoms with van der Waals surface area (Å²) in [5, 5.41) is 1.02. The predicted octanol–water partition coefficient (Wildman–Crippen LogP) is 3.69. The molecule has 96 valence electrons. The fourth-order valence-electron chi connectivity index (χ4n) is 2.20. The highest BCUT2D eigenvalue weighted by Crippen LogP contribution is 2.24. The maximum absolute atomic E-state index is 11.9. The van der Waals surface area contributed by atoms with Crippen LogP contribution >= 0.6 is 0 Å². The van der Waals surface area contributed by atoms with Gasteiger partial charge in [0.15, 0.2) is 0 Å². The molecule has 0 radical (unpaired) electrons. The zero-order chi connectivity index (χ0) is 13.0. The molecule has 1 heterocycles. The minimum absolute atomic E-state index is 0.236. The number of carbonyl (C=O) groups excluding carboxylic acids is 1. The number of ether oxygens (including phenoxy) is 1. The summed E-state index contributed by atoms with van der Waals surface area (Å²) in [5.74, 6) is -0.236. The third-order valence-corrected chi connectivity index (χ3v) is 3.08. The van der Waals surface area contributed by atoms with Gasteiger partial charge in [-0.25, -0.2) is 4.79 Å². The van der Waals surface area contributed by atoms with Crippen LogP contribution < -0.4 is 0 Å². The van der Waals surface area contributed by atoms with Crippen molar-refractivity contribution in [1.82, 2.24) is 4.98 Å². The number of hydrogen-bond acceptors (Lipinski definition) is 2. The van der Waals surface area contributed by atoms with Crippen LogP contribution in [0.4, 0.5) is 0 Å². The monoisotopic (exact) mass is 245 g/mol. The maximum Gasteiger partial charge on any atom is 0.338 e. The summed E-state index contributed by atoms with van der Waals surface area (Å²) in [5.41, 5.74) is 2.88. The SMILES string of the molecule is CCCCc1c[nH]c2cccc(C(=O)OCC)c12. The molecular formula is C15H19NO2. The van der Waals surface area contributed by atoms with Crippen LogP contribution in [0.3, 0.4) is 0 Å². The molecular weight excluding hydrogens is 226 g/mol. The quantitative estimate of drug-likeness (QED) is 0.816. The Balaban J connectivity index is 2.45. The molecule has 18 heavy (non-hydrogen) atoms. The van der Waals surface area contributed by atoms with Crippen LogP contribution in [0.1, 0.15) is 42.6 Å². The number of carbonyl (C=O) groups is 1. The molecule has 0 atom stereocenters. The van der Waals surface area contributed by atoms with Crippen molar-refractivity contribution in [2.75, 3.05) is 6.61 Å². The molecule has 1 aromatic heterocycles. The van der Waals surface area contributed by atoms with Gasteiger partial charge in [0.25, 0.3) is 0 Å². The van der Waals surface area contributed by atoms with Crippen molar-refractivity contribution in [2.45, 2.75) is 33.1 Å². The van der Waals surface area contributed by atoms with Gasteiger partial charge < -0.3 is 9.72 Å². The lowest BCUT2D eigenvalue weighted by molar-refractivity contribution is 0.0528. The van der Waals surface area contributed by atoms with E-state index in [0.29, 0.717) is 12.2 Å². The second-order valence-electron chi connectivity index (χ2n) is 4.37. The Morgan fingerprint density at radius 1 is 1.33 bits per heavy atom. The zero-order valence-electron chi connectivity index (χ0n) is 11.0. The van der Waals surface area contributed by atoms with Gasteiger partial charge in [-0.2, -0.15) is 0 Å². The molecule has 1 N–H and O–H groups in total. The summed E-state index contributed by atoms with van der Waals surface area (Å²) in [7, 11) is 0. The first-order valence-corrected chi connectivity index (χ1v) is 6.54. The Morgan fingerprint density at radius 3 is 2.89 bits per heavy atom. The molecule has 0 aliphatic heterocycles. The lowest BCUT2D eigenvalue weighted by atomic mass is 10.0. The van der Waals surface area contributed by atoms with Crippen molar-refractivity contribution >= 4 is 16.9 Å². The Hall–Kier alpha value is -1.77. The number of esters is 1. The number of H-pyrrole nitrogens is 1. The molecule has 3 heteroatoms. The number of nitrogens with one attached hydrogen (secondary N) is 1. The average Bonchev–Trinajstić information content (AvgIpc) is 2.79. The number of hydrogen-bond donors (Lipinski definition) is 1. The number of aromatic nitrogens is 1. The van der Waals surface area contributed by atoms with Gasteiger partial charge in [0.2, 0.25) is 0 Å². The van der Waals surface area contributed by atoms with E-state index in [2.05, 4.69) is 11.9 Å². The summed E-state index contributed by atoms with van der Waals surface area (Å²) < 4.78 is 5.11. The molecule has 0 fully saturated rings. The van der Waals surface area contributed by atoms with Gasteiger partial charge in [-0.15, -0.1) is 0 Å². The summed E-state index contributed by atoms with van der Waals surface area (Å²) >= 11 is 0. The number of unbranched alkanes of at least 4 members (excludes halogenated alkanes) is 1. The van der Waals surface area contributed by atoms with E-state index < -0.39 is 0 Å². The molecule has 0 aliphatic rings. The summed E-state index contributed by atoms with van der Waals surface area (Å²) in [6.07, 6.45) is 5.27. The van der Waals surface area contributed by atoms with Gasteiger partial charge in [-0.1, -0.05) is 19.4 Å². The molecule has 0 amide bonds. The van der Waals surface area contributed by atoms with Gasteiger partial charge in [0, 0.05) is 17.1 Å². The molecule has 0 unspecified atom stereocenters. The van der Waals surface area contributed by atoms with Crippen LogP contribution in [-0.4, -0.2) is 17.6 Å². The van der Waals surface area contributed by atoms with Crippen LogP contribution in [0, 0.1) is 0 Å². The molecule has 0 aliphatic carbocycles. The van der Waals surface area contributed by atoms with Crippen molar-refractivity contribution < 1.29 is 9.53 Å². The molecule has 0 saturated carbocycles. The highest BCUT2D eigenvalue weighted by molar-refractivity contribution is 6.05. The predicted molar refractivity (Wildman–Crippen MR) is 72.9 cm³/mol. The summed E-state index contributed by atoms with van der Waals surface area (Å²) in [6, 6.07) is 5.71. The Labute approximate surface area is 107 Å². The highest BCUT2D eigenvalue weighted by Gasteiger charge is 2.14. The van der Waals surface area contributed by atoms with Crippen molar-refractivity contribution in [2.24, 2.45) is 0 Å².